The molecule has 1 aliphatic rings. The van der Waals surface area contributed by atoms with Crippen LogP contribution in [0.25, 0.3) is 0 Å². The van der Waals surface area contributed by atoms with Crippen LogP contribution in [-0.4, -0.2) is 41.9 Å². The van der Waals surface area contributed by atoms with Gasteiger partial charge in [-0.2, -0.15) is 0 Å². The third-order valence-electron chi connectivity index (χ3n) is 3.68. The van der Waals surface area contributed by atoms with E-state index in [2.05, 4.69) is 25.7 Å². The van der Waals surface area contributed by atoms with E-state index in [0.717, 1.165) is 25.9 Å². The summed E-state index contributed by atoms with van der Waals surface area (Å²) >= 11 is 0. The molecule has 1 aliphatic heterocycles. The molecule has 0 bridgehead atoms. The highest BCUT2D eigenvalue weighted by atomic mass is 32.2. The van der Waals surface area contributed by atoms with Crippen LogP contribution in [0.2, 0.25) is 0 Å². The second-order valence-corrected chi connectivity index (χ2v) is 10.00. The lowest BCUT2D eigenvalue weighted by Gasteiger charge is -2.41. The van der Waals surface area contributed by atoms with E-state index in [1.807, 2.05) is 0 Å². The zero-order valence-corrected chi connectivity index (χ0v) is 12.9. The third kappa shape index (κ3) is 3.22. The van der Waals surface area contributed by atoms with Gasteiger partial charge in [0.2, 0.25) is 0 Å². The average molecular weight is 261 g/mol. The fourth-order valence-corrected chi connectivity index (χ4v) is 4.17. The summed E-state index contributed by atoms with van der Waals surface area (Å²) in [5.41, 5.74) is 0.149. The molecule has 0 amide bonds. The van der Waals surface area contributed by atoms with E-state index in [-0.39, 0.29) is 10.8 Å². The van der Waals surface area contributed by atoms with Crippen molar-refractivity contribution in [2.75, 3.05) is 13.1 Å². The number of hydrogen-bond donors (Lipinski definition) is 0. The maximum absolute atomic E-state index is 12.3. The summed E-state index contributed by atoms with van der Waals surface area (Å²) in [5, 5.41) is -0.152. The lowest BCUT2D eigenvalue weighted by molar-refractivity contribution is 0.111. The Morgan fingerprint density at radius 2 is 1.35 bits per heavy atom. The van der Waals surface area contributed by atoms with Crippen LogP contribution in [-0.2, 0) is 9.84 Å². The van der Waals surface area contributed by atoms with Gasteiger partial charge >= 0.3 is 0 Å². The van der Waals surface area contributed by atoms with Gasteiger partial charge < -0.3 is 0 Å². The number of piperidine rings is 1. The number of nitrogens with zero attached hydrogens (tertiary/aromatic N) is 1. The molecule has 0 unspecified atom stereocenters. The van der Waals surface area contributed by atoms with Crippen molar-refractivity contribution in [2.24, 2.45) is 0 Å². The van der Waals surface area contributed by atoms with Gasteiger partial charge in [0, 0.05) is 5.54 Å². The molecule has 3 nitrogen and oxygen atoms in total. The van der Waals surface area contributed by atoms with Crippen molar-refractivity contribution < 1.29 is 8.42 Å². The van der Waals surface area contributed by atoms with Crippen LogP contribution in [0.1, 0.15) is 54.4 Å². The Balaban J connectivity index is 2.72. The molecule has 1 fully saturated rings. The van der Waals surface area contributed by atoms with Gasteiger partial charge in [0.1, 0.15) is 0 Å². The predicted molar refractivity (Wildman–Crippen MR) is 73.0 cm³/mol. The average Bonchev–Trinajstić information content (AvgIpc) is 2.15. The van der Waals surface area contributed by atoms with Crippen molar-refractivity contribution in [2.45, 2.75) is 69.9 Å². The molecule has 0 spiro atoms. The molecule has 1 saturated heterocycles. The minimum atomic E-state index is -3.00. The van der Waals surface area contributed by atoms with Crippen molar-refractivity contribution in [1.29, 1.82) is 0 Å². The summed E-state index contributed by atoms with van der Waals surface area (Å²) in [6.07, 6.45) is 1.55. The Kier molecular flexibility index (Phi) is 4.00. The highest BCUT2D eigenvalue weighted by Crippen LogP contribution is 2.29. The van der Waals surface area contributed by atoms with E-state index in [9.17, 15) is 8.42 Å². The van der Waals surface area contributed by atoms with Crippen LogP contribution in [0.4, 0.5) is 0 Å². The van der Waals surface area contributed by atoms with E-state index < -0.39 is 14.6 Å². The molecule has 1 rings (SSSR count). The van der Waals surface area contributed by atoms with E-state index in [0.29, 0.717) is 0 Å². The molecule has 0 aromatic heterocycles. The van der Waals surface area contributed by atoms with Crippen LogP contribution in [0.5, 0.6) is 0 Å². The summed E-state index contributed by atoms with van der Waals surface area (Å²) in [7, 11) is -3.00. The summed E-state index contributed by atoms with van der Waals surface area (Å²) in [5.74, 6) is 0. The number of likely N-dealkylation sites (tertiary alicyclic amines) is 1. The molecular formula is C13H27NO2S. The van der Waals surface area contributed by atoms with Crippen LogP contribution in [0.15, 0.2) is 0 Å². The first-order valence-electron chi connectivity index (χ1n) is 6.45. The van der Waals surface area contributed by atoms with Crippen molar-refractivity contribution >= 4 is 9.84 Å². The monoisotopic (exact) mass is 261 g/mol. The normalized spacial score (nSPS) is 21.8. The molecule has 0 saturated carbocycles. The lowest BCUT2D eigenvalue weighted by Crippen LogP contribution is -2.50. The topological polar surface area (TPSA) is 37.4 Å². The molecule has 0 aromatic rings. The molecule has 0 atom stereocenters. The van der Waals surface area contributed by atoms with Gasteiger partial charge in [-0.25, -0.2) is 8.42 Å². The molecule has 102 valence electrons. The lowest BCUT2D eigenvalue weighted by atomic mass is 10.0. The molecule has 0 aliphatic carbocycles. The van der Waals surface area contributed by atoms with E-state index in [1.165, 1.54) is 0 Å². The standard InChI is InChI=1S/C13H27NO2S/c1-12(2,3)14-9-7-11(8-10-14)17(15,16)13(4,5)6/h11H,7-10H2,1-6H3. The van der Waals surface area contributed by atoms with Crippen LogP contribution in [0.3, 0.4) is 0 Å². The maximum Gasteiger partial charge on any atom is 0.158 e. The Bertz CT molecular complexity index is 352. The fraction of sp³-hybridized carbons (Fsp3) is 1.00. The van der Waals surface area contributed by atoms with E-state index in [1.54, 1.807) is 20.8 Å². The zero-order chi connectivity index (χ0) is 13.5. The summed E-state index contributed by atoms with van der Waals surface area (Å²) in [4.78, 5) is 2.38. The quantitative estimate of drug-likeness (QED) is 0.727. The molecule has 0 radical (unpaired) electrons. The molecular weight excluding hydrogens is 234 g/mol. The van der Waals surface area contributed by atoms with Gasteiger partial charge in [-0.3, -0.25) is 4.90 Å². The smallest absolute Gasteiger partial charge is 0.158 e. The van der Waals surface area contributed by atoms with Gasteiger partial charge in [0.15, 0.2) is 9.84 Å². The minimum absolute atomic E-state index is 0.149. The van der Waals surface area contributed by atoms with Gasteiger partial charge in [-0.15, -0.1) is 0 Å². The minimum Gasteiger partial charge on any atom is -0.298 e. The summed E-state index contributed by atoms with van der Waals surface area (Å²) in [6, 6.07) is 0. The van der Waals surface area contributed by atoms with Gasteiger partial charge in [0.25, 0.3) is 0 Å². The predicted octanol–water partition coefficient (Wildman–Crippen LogP) is 2.46. The largest absolute Gasteiger partial charge is 0.298 e. The van der Waals surface area contributed by atoms with E-state index >= 15 is 0 Å². The Hall–Kier alpha value is -0.0900. The third-order valence-corrected chi connectivity index (χ3v) is 6.74. The zero-order valence-electron chi connectivity index (χ0n) is 12.1. The van der Waals surface area contributed by atoms with Gasteiger partial charge in [-0.1, -0.05) is 0 Å². The number of sulfone groups is 1. The second-order valence-electron chi connectivity index (χ2n) is 7.01. The van der Waals surface area contributed by atoms with Gasteiger partial charge in [0.05, 0.1) is 10.00 Å². The molecule has 17 heavy (non-hydrogen) atoms. The molecule has 0 aromatic carbocycles. The van der Waals surface area contributed by atoms with Crippen LogP contribution in [0, 0.1) is 0 Å². The van der Waals surface area contributed by atoms with Crippen LogP contribution >= 0.6 is 0 Å². The molecule has 4 heteroatoms. The first kappa shape index (κ1) is 15.0. The van der Waals surface area contributed by atoms with Crippen molar-refractivity contribution in [3.63, 3.8) is 0 Å². The Morgan fingerprint density at radius 1 is 0.941 bits per heavy atom. The van der Waals surface area contributed by atoms with E-state index in [4.69, 9.17) is 0 Å². The van der Waals surface area contributed by atoms with Crippen molar-refractivity contribution in [3.8, 4) is 0 Å². The maximum atomic E-state index is 12.3. The first-order chi connectivity index (χ1) is 7.46. The number of hydrogen-bond acceptors (Lipinski definition) is 3. The first-order valence-corrected chi connectivity index (χ1v) is 7.99. The van der Waals surface area contributed by atoms with Gasteiger partial charge in [-0.05, 0) is 67.5 Å². The van der Waals surface area contributed by atoms with Crippen LogP contribution < -0.4 is 0 Å². The van der Waals surface area contributed by atoms with Crippen molar-refractivity contribution in [3.05, 3.63) is 0 Å². The Labute approximate surface area is 106 Å². The second kappa shape index (κ2) is 4.54. The summed E-state index contributed by atoms with van der Waals surface area (Å²) in [6.45, 7) is 13.8. The summed E-state index contributed by atoms with van der Waals surface area (Å²) < 4.78 is 24.1. The van der Waals surface area contributed by atoms with Crippen molar-refractivity contribution in [1.82, 2.24) is 4.90 Å². The fourth-order valence-electron chi connectivity index (χ4n) is 2.34. The number of rotatable bonds is 1. The Morgan fingerprint density at radius 3 is 1.65 bits per heavy atom. The molecule has 1 heterocycles. The highest BCUT2D eigenvalue weighted by molar-refractivity contribution is 7.93. The highest BCUT2D eigenvalue weighted by Gasteiger charge is 2.39. The molecule has 0 N–H and O–H groups in total. The SMILES string of the molecule is CC(C)(C)N1CCC(S(=O)(=O)C(C)(C)C)CC1.